The number of carbonyl (C=O) groups is 1. The van der Waals surface area contributed by atoms with Gasteiger partial charge in [0, 0.05) is 24.5 Å². The van der Waals surface area contributed by atoms with Gasteiger partial charge in [-0.05, 0) is 30.9 Å². The summed E-state index contributed by atoms with van der Waals surface area (Å²) in [6, 6.07) is 7.69. The zero-order valence-electron chi connectivity index (χ0n) is 15.2. The Morgan fingerprint density at radius 1 is 1.26 bits per heavy atom. The summed E-state index contributed by atoms with van der Waals surface area (Å²) in [6.07, 6.45) is 2.11. The highest BCUT2D eigenvalue weighted by molar-refractivity contribution is 8.00. The first-order chi connectivity index (χ1) is 13.1. The number of carbonyl (C=O) groups excluding carboxylic acids is 1. The van der Waals surface area contributed by atoms with Gasteiger partial charge in [-0.15, -0.1) is 0 Å². The molecule has 1 amide bonds. The first-order valence-electron chi connectivity index (χ1n) is 9.19. The third-order valence-electron chi connectivity index (χ3n) is 5.03. The Balaban J connectivity index is 1.54. The third kappa shape index (κ3) is 3.81. The van der Waals surface area contributed by atoms with Gasteiger partial charge in [0.25, 0.3) is 0 Å². The largest absolute Gasteiger partial charge is 0.486 e. The zero-order valence-corrected chi connectivity index (χ0v) is 16.1. The van der Waals surface area contributed by atoms with Gasteiger partial charge in [0.15, 0.2) is 11.5 Å². The average molecular weight is 383 g/mol. The second kappa shape index (κ2) is 7.65. The normalized spacial score (nSPS) is 17.0. The minimum Gasteiger partial charge on any atom is -0.486 e. The minimum atomic E-state index is 0.111. The number of likely N-dealkylation sites (tertiary alicyclic amines) is 1. The number of nitrogens with zero attached hydrogens (tertiary/aromatic N) is 3. The second-order valence-corrected chi connectivity index (χ2v) is 7.96. The molecule has 1 fully saturated rings. The number of benzene rings is 1. The minimum absolute atomic E-state index is 0.111. The van der Waals surface area contributed by atoms with Crippen molar-refractivity contribution in [3.63, 3.8) is 0 Å². The molecule has 0 aliphatic carbocycles. The molecule has 7 heteroatoms. The maximum absolute atomic E-state index is 12.5. The van der Waals surface area contributed by atoms with E-state index in [-0.39, 0.29) is 5.91 Å². The molecule has 1 aromatic carbocycles. The van der Waals surface area contributed by atoms with Crippen LogP contribution in [0.25, 0.3) is 10.9 Å². The summed E-state index contributed by atoms with van der Waals surface area (Å²) in [5, 5.41) is 10.9. The fourth-order valence-electron chi connectivity index (χ4n) is 3.36. The van der Waals surface area contributed by atoms with E-state index < -0.39 is 0 Å². The molecular formula is C20H21N3O3S. The number of aromatic nitrogens is 1. The molecule has 4 rings (SSSR count). The Morgan fingerprint density at radius 3 is 2.67 bits per heavy atom. The van der Waals surface area contributed by atoms with Crippen molar-refractivity contribution in [3.8, 4) is 17.6 Å². The van der Waals surface area contributed by atoms with E-state index in [0.29, 0.717) is 47.0 Å². The van der Waals surface area contributed by atoms with E-state index in [9.17, 15) is 10.1 Å². The van der Waals surface area contributed by atoms with Gasteiger partial charge in [-0.25, -0.2) is 4.98 Å². The molecule has 2 aliphatic rings. The average Bonchev–Trinajstić information content (AvgIpc) is 2.70. The number of pyridine rings is 1. The molecule has 0 radical (unpaired) electrons. The van der Waals surface area contributed by atoms with E-state index in [4.69, 9.17) is 9.47 Å². The van der Waals surface area contributed by atoms with Crippen LogP contribution in [0.4, 0.5) is 0 Å². The molecule has 0 atom stereocenters. The highest BCUT2D eigenvalue weighted by Gasteiger charge is 2.21. The Labute approximate surface area is 162 Å². The van der Waals surface area contributed by atoms with Crippen molar-refractivity contribution < 1.29 is 14.3 Å². The lowest BCUT2D eigenvalue weighted by Gasteiger charge is -2.30. The Hall–Kier alpha value is -2.46. The number of fused-ring (bicyclic) bond motifs is 2. The number of nitriles is 1. The van der Waals surface area contributed by atoms with E-state index in [1.54, 1.807) is 6.07 Å². The monoisotopic (exact) mass is 383 g/mol. The van der Waals surface area contributed by atoms with Crippen LogP contribution in [0, 0.1) is 17.2 Å². The smallest absolute Gasteiger partial charge is 0.232 e. The van der Waals surface area contributed by atoms with Crippen molar-refractivity contribution in [1.82, 2.24) is 9.88 Å². The molecule has 27 heavy (non-hydrogen) atoms. The van der Waals surface area contributed by atoms with Crippen LogP contribution in [0.2, 0.25) is 0 Å². The van der Waals surface area contributed by atoms with Crippen LogP contribution in [0.1, 0.15) is 25.3 Å². The van der Waals surface area contributed by atoms with E-state index in [1.807, 2.05) is 17.0 Å². The molecule has 0 unspecified atom stereocenters. The summed E-state index contributed by atoms with van der Waals surface area (Å²) < 4.78 is 11.2. The van der Waals surface area contributed by atoms with E-state index in [2.05, 4.69) is 18.0 Å². The van der Waals surface area contributed by atoms with Crippen molar-refractivity contribution in [2.75, 3.05) is 32.1 Å². The van der Waals surface area contributed by atoms with Crippen LogP contribution in [0.5, 0.6) is 11.5 Å². The predicted octanol–water partition coefficient (Wildman–Crippen LogP) is 3.23. The molecule has 0 spiro atoms. The van der Waals surface area contributed by atoms with Gasteiger partial charge in [0.2, 0.25) is 5.91 Å². The van der Waals surface area contributed by atoms with Crippen LogP contribution in [0.15, 0.2) is 23.2 Å². The molecular weight excluding hydrogens is 362 g/mol. The number of ether oxygens (including phenoxy) is 2. The van der Waals surface area contributed by atoms with Crippen LogP contribution in [-0.4, -0.2) is 47.8 Å². The number of rotatable bonds is 3. The second-order valence-electron chi connectivity index (χ2n) is 6.99. The van der Waals surface area contributed by atoms with E-state index in [1.165, 1.54) is 11.8 Å². The van der Waals surface area contributed by atoms with Crippen molar-refractivity contribution in [1.29, 1.82) is 5.26 Å². The molecule has 2 aliphatic heterocycles. The fourth-order valence-corrected chi connectivity index (χ4v) is 4.23. The molecule has 3 heterocycles. The Bertz CT molecular complexity index is 917. The number of hydrogen-bond donors (Lipinski definition) is 0. The molecule has 1 aromatic heterocycles. The molecule has 1 saturated heterocycles. The molecule has 2 aromatic rings. The lowest BCUT2D eigenvalue weighted by molar-refractivity contribution is -0.129. The van der Waals surface area contributed by atoms with Crippen molar-refractivity contribution in [2.24, 2.45) is 5.92 Å². The Kier molecular flexibility index (Phi) is 5.08. The highest BCUT2D eigenvalue weighted by atomic mass is 32.2. The van der Waals surface area contributed by atoms with Crippen LogP contribution >= 0.6 is 11.8 Å². The summed E-state index contributed by atoms with van der Waals surface area (Å²) in [5.74, 6) is 2.44. The lowest BCUT2D eigenvalue weighted by Crippen LogP contribution is -2.38. The van der Waals surface area contributed by atoms with Gasteiger partial charge in [-0.2, -0.15) is 5.26 Å². The van der Waals surface area contributed by atoms with Gasteiger partial charge in [0.05, 0.1) is 16.8 Å². The van der Waals surface area contributed by atoms with Gasteiger partial charge in [-0.1, -0.05) is 18.7 Å². The number of amides is 1. The van der Waals surface area contributed by atoms with Crippen molar-refractivity contribution >= 4 is 28.6 Å². The summed E-state index contributed by atoms with van der Waals surface area (Å²) in [5.41, 5.74) is 1.21. The van der Waals surface area contributed by atoms with Gasteiger partial charge in [0.1, 0.15) is 24.3 Å². The zero-order chi connectivity index (χ0) is 18.8. The summed E-state index contributed by atoms with van der Waals surface area (Å²) in [4.78, 5) is 19.0. The van der Waals surface area contributed by atoms with E-state index >= 15 is 0 Å². The highest BCUT2D eigenvalue weighted by Crippen LogP contribution is 2.35. The van der Waals surface area contributed by atoms with Crippen molar-refractivity contribution in [2.45, 2.75) is 24.8 Å². The maximum Gasteiger partial charge on any atom is 0.232 e. The lowest BCUT2D eigenvalue weighted by atomic mass is 9.99. The molecule has 0 N–H and O–H groups in total. The number of thioether (sulfide) groups is 1. The molecule has 140 valence electrons. The fraction of sp³-hybridized carbons (Fsp3) is 0.450. The summed E-state index contributed by atoms with van der Waals surface area (Å²) >= 11 is 1.33. The predicted molar refractivity (Wildman–Crippen MR) is 103 cm³/mol. The van der Waals surface area contributed by atoms with Crippen molar-refractivity contribution in [3.05, 3.63) is 23.8 Å². The molecule has 0 saturated carbocycles. The van der Waals surface area contributed by atoms with Gasteiger partial charge < -0.3 is 14.4 Å². The summed E-state index contributed by atoms with van der Waals surface area (Å²) in [6.45, 7) is 4.89. The SMILES string of the molecule is CC1CCN(C(=O)CSc2nc3cc4c(cc3cc2C#N)OCCO4)CC1. The third-order valence-corrected chi connectivity index (χ3v) is 6.01. The molecule has 0 bridgehead atoms. The first-order valence-corrected chi connectivity index (χ1v) is 10.2. The summed E-state index contributed by atoms with van der Waals surface area (Å²) in [7, 11) is 0. The van der Waals surface area contributed by atoms with Gasteiger partial charge in [-0.3, -0.25) is 4.79 Å². The van der Waals surface area contributed by atoms with Crippen LogP contribution in [0.3, 0.4) is 0 Å². The van der Waals surface area contributed by atoms with Crippen LogP contribution in [-0.2, 0) is 4.79 Å². The van der Waals surface area contributed by atoms with Crippen LogP contribution < -0.4 is 9.47 Å². The first kappa shape index (κ1) is 17.9. The van der Waals surface area contributed by atoms with Gasteiger partial charge >= 0.3 is 0 Å². The van der Waals surface area contributed by atoms with E-state index in [0.717, 1.165) is 36.8 Å². The topological polar surface area (TPSA) is 75.5 Å². The standard InChI is InChI=1S/C20H21N3O3S/c1-13-2-4-23(5-3-13)19(24)12-27-20-15(11-21)8-14-9-17-18(10-16(14)22-20)26-7-6-25-17/h8-10,13H,2-7,12H2,1H3. The quantitative estimate of drug-likeness (QED) is 0.758. The number of hydrogen-bond acceptors (Lipinski definition) is 6. The maximum atomic E-state index is 12.5. The number of piperidine rings is 1. The Morgan fingerprint density at radius 2 is 1.96 bits per heavy atom. The molecule has 6 nitrogen and oxygen atoms in total.